The Morgan fingerprint density at radius 2 is 2.00 bits per heavy atom. The minimum Gasteiger partial charge on any atom is -0.484 e. The number of hydrazine groups is 1. The quantitative estimate of drug-likeness (QED) is 0.692. The Labute approximate surface area is 140 Å². The zero-order valence-corrected chi connectivity index (χ0v) is 13.7. The van der Waals surface area contributed by atoms with Gasteiger partial charge in [-0.25, -0.2) is 0 Å². The molecule has 0 aliphatic heterocycles. The molecule has 120 valence electrons. The van der Waals surface area contributed by atoms with Crippen LogP contribution in [0.4, 0.5) is 0 Å². The van der Waals surface area contributed by atoms with E-state index in [2.05, 4.69) is 37.0 Å². The van der Waals surface area contributed by atoms with Gasteiger partial charge in [-0.1, -0.05) is 15.9 Å². The van der Waals surface area contributed by atoms with Crippen molar-refractivity contribution in [3.8, 4) is 5.75 Å². The van der Waals surface area contributed by atoms with Crippen LogP contribution in [0, 0.1) is 0 Å². The van der Waals surface area contributed by atoms with E-state index in [0.717, 1.165) is 23.0 Å². The lowest BCUT2D eigenvalue weighted by Gasteiger charge is -2.07. The van der Waals surface area contributed by atoms with Crippen LogP contribution in [0.15, 0.2) is 34.8 Å². The molecule has 1 heterocycles. The number of carbonyl (C=O) groups is 2. The van der Waals surface area contributed by atoms with Crippen LogP contribution in [0.25, 0.3) is 0 Å². The van der Waals surface area contributed by atoms with Crippen LogP contribution in [0.2, 0.25) is 0 Å². The Morgan fingerprint density at radius 1 is 1.26 bits per heavy atom. The van der Waals surface area contributed by atoms with Gasteiger partial charge in [0, 0.05) is 16.1 Å². The van der Waals surface area contributed by atoms with Crippen molar-refractivity contribution < 1.29 is 14.3 Å². The predicted octanol–water partition coefficient (Wildman–Crippen LogP) is 1.89. The normalized spacial score (nSPS) is 13.4. The number of rotatable bonds is 5. The van der Waals surface area contributed by atoms with E-state index < -0.39 is 11.8 Å². The number of hydrogen-bond donors (Lipinski definition) is 3. The van der Waals surface area contributed by atoms with E-state index in [1.807, 2.05) is 12.1 Å². The molecule has 0 saturated heterocycles. The van der Waals surface area contributed by atoms with Gasteiger partial charge in [0.2, 0.25) is 0 Å². The maximum absolute atomic E-state index is 11.9. The molecule has 1 fully saturated rings. The van der Waals surface area contributed by atoms with Crippen LogP contribution < -0.4 is 15.6 Å². The zero-order valence-electron chi connectivity index (χ0n) is 12.1. The van der Waals surface area contributed by atoms with E-state index in [9.17, 15) is 9.59 Å². The highest BCUT2D eigenvalue weighted by atomic mass is 79.9. The van der Waals surface area contributed by atoms with Crippen LogP contribution in [0.3, 0.4) is 0 Å². The van der Waals surface area contributed by atoms with E-state index >= 15 is 0 Å². The molecule has 1 aliphatic rings. The molecule has 8 heteroatoms. The Morgan fingerprint density at radius 3 is 2.70 bits per heavy atom. The summed E-state index contributed by atoms with van der Waals surface area (Å²) in [6.45, 7) is -0.199. The minimum absolute atomic E-state index is 0.199. The molecule has 2 aromatic rings. The van der Waals surface area contributed by atoms with Gasteiger partial charge in [-0.3, -0.25) is 25.5 Å². The predicted molar refractivity (Wildman–Crippen MR) is 85.8 cm³/mol. The van der Waals surface area contributed by atoms with Crippen LogP contribution in [0.5, 0.6) is 5.75 Å². The van der Waals surface area contributed by atoms with Gasteiger partial charge in [-0.05, 0) is 43.2 Å². The molecule has 2 amide bonds. The number of nitrogens with zero attached hydrogens (tertiary/aromatic N) is 1. The van der Waals surface area contributed by atoms with Crippen molar-refractivity contribution in [3.05, 3.63) is 46.2 Å². The fraction of sp³-hybridized carbons (Fsp3) is 0.267. The molecular weight excluding hydrogens is 364 g/mol. The second kappa shape index (κ2) is 6.82. The molecular formula is C15H15BrN4O3. The van der Waals surface area contributed by atoms with E-state index in [1.165, 1.54) is 0 Å². The average Bonchev–Trinajstić information content (AvgIpc) is 3.29. The summed E-state index contributed by atoms with van der Waals surface area (Å²) in [5.74, 6) is 0.123. The molecule has 3 N–H and O–H groups in total. The third-order valence-electron chi connectivity index (χ3n) is 3.35. The first-order valence-corrected chi connectivity index (χ1v) is 7.94. The summed E-state index contributed by atoms with van der Waals surface area (Å²) in [5, 5.41) is 6.77. The number of H-pyrrole nitrogens is 1. The molecule has 0 atom stereocenters. The lowest BCUT2D eigenvalue weighted by molar-refractivity contribution is -0.123. The number of carbonyl (C=O) groups excluding carboxylic acids is 2. The molecule has 1 aromatic carbocycles. The SMILES string of the molecule is O=C(COc1ccc(Br)cc1)NNC(=O)c1cc(C2CC2)[nH]n1. The van der Waals surface area contributed by atoms with Gasteiger partial charge >= 0.3 is 0 Å². The first kappa shape index (κ1) is 15.5. The van der Waals surface area contributed by atoms with Gasteiger partial charge in [-0.2, -0.15) is 5.10 Å². The van der Waals surface area contributed by atoms with Gasteiger partial charge in [-0.15, -0.1) is 0 Å². The Hall–Kier alpha value is -2.35. The standard InChI is InChI=1S/C15H15BrN4O3/c16-10-3-5-11(6-4-10)23-8-14(21)19-20-15(22)13-7-12(17-18-13)9-1-2-9/h3-7,9H,1-2,8H2,(H,17,18)(H,19,21)(H,20,22). The van der Waals surface area contributed by atoms with Crippen LogP contribution in [0.1, 0.15) is 34.9 Å². The van der Waals surface area contributed by atoms with E-state index in [-0.39, 0.29) is 12.3 Å². The highest BCUT2D eigenvalue weighted by Crippen LogP contribution is 2.38. The highest BCUT2D eigenvalue weighted by Gasteiger charge is 2.26. The molecule has 3 rings (SSSR count). The summed E-state index contributed by atoms with van der Waals surface area (Å²) in [7, 11) is 0. The van der Waals surface area contributed by atoms with Gasteiger partial charge in [0.25, 0.3) is 11.8 Å². The van der Waals surface area contributed by atoms with Crippen molar-refractivity contribution in [2.24, 2.45) is 0 Å². The summed E-state index contributed by atoms with van der Waals surface area (Å²) in [4.78, 5) is 23.5. The number of aromatic amines is 1. The minimum atomic E-state index is -0.467. The van der Waals surface area contributed by atoms with Crippen LogP contribution >= 0.6 is 15.9 Å². The zero-order chi connectivity index (χ0) is 16.2. The van der Waals surface area contributed by atoms with Gasteiger partial charge in [0.05, 0.1) is 0 Å². The average molecular weight is 379 g/mol. The van der Waals surface area contributed by atoms with Crippen molar-refractivity contribution >= 4 is 27.7 Å². The second-order valence-electron chi connectivity index (χ2n) is 5.23. The fourth-order valence-corrected chi connectivity index (χ4v) is 2.23. The second-order valence-corrected chi connectivity index (χ2v) is 6.14. The summed E-state index contributed by atoms with van der Waals surface area (Å²) in [5.41, 5.74) is 5.81. The first-order valence-electron chi connectivity index (χ1n) is 7.14. The molecule has 0 bridgehead atoms. The van der Waals surface area contributed by atoms with Crippen molar-refractivity contribution in [1.29, 1.82) is 0 Å². The van der Waals surface area contributed by atoms with Gasteiger partial charge < -0.3 is 4.74 Å². The molecule has 1 aromatic heterocycles. The largest absolute Gasteiger partial charge is 0.484 e. The first-order chi connectivity index (χ1) is 11.1. The molecule has 7 nitrogen and oxygen atoms in total. The third kappa shape index (κ3) is 4.32. The number of hydrogen-bond acceptors (Lipinski definition) is 4. The number of halogens is 1. The molecule has 23 heavy (non-hydrogen) atoms. The monoisotopic (exact) mass is 378 g/mol. The molecule has 1 aliphatic carbocycles. The Bertz CT molecular complexity index is 710. The van der Waals surface area contributed by atoms with Crippen molar-refractivity contribution in [2.75, 3.05) is 6.61 Å². The van der Waals surface area contributed by atoms with Gasteiger partial charge in [0.15, 0.2) is 12.3 Å². The Kier molecular flexibility index (Phi) is 4.61. The maximum atomic E-state index is 11.9. The van der Waals surface area contributed by atoms with E-state index in [0.29, 0.717) is 11.7 Å². The van der Waals surface area contributed by atoms with E-state index in [1.54, 1.807) is 18.2 Å². The summed E-state index contributed by atoms with van der Waals surface area (Å²) >= 11 is 3.31. The van der Waals surface area contributed by atoms with Crippen LogP contribution in [-0.4, -0.2) is 28.6 Å². The maximum Gasteiger partial charge on any atom is 0.290 e. The third-order valence-corrected chi connectivity index (χ3v) is 3.88. The number of nitrogens with one attached hydrogen (secondary N) is 3. The smallest absolute Gasteiger partial charge is 0.290 e. The van der Waals surface area contributed by atoms with Crippen molar-refractivity contribution in [3.63, 3.8) is 0 Å². The summed E-state index contributed by atoms with van der Waals surface area (Å²) in [6.07, 6.45) is 2.24. The molecule has 0 unspecified atom stereocenters. The molecule has 1 saturated carbocycles. The van der Waals surface area contributed by atoms with Crippen molar-refractivity contribution in [2.45, 2.75) is 18.8 Å². The topological polar surface area (TPSA) is 96.1 Å². The number of amides is 2. The highest BCUT2D eigenvalue weighted by molar-refractivity contribution is 9.10. The van der Waals surface area contributed by atoms with Crippen molar-refractivity contribution in [1.82, 2.24) is 21.0 Å². The summed E-state index contributed by atoms with van der Waals surface area (Å²) in [6, 6.07) is 8.80. The number of ether oxygens (including phenoxy) is 1. The van der Waals surface area contributed by atoms with E-state index in [4.69, 9.17) is 4.74 Å². The number of aromatic nitrogens is 2. The molecule has 0 spiro atoms. The fourth-order valence-electron chi connectivity index (χ4n) is 1.96. The summed E-state index contributed by atoms with van der Waals surface area (Å²) < 4.78 is 6.22. The lowest BCUT2D eigenvalue weighted by atomic mass is 10.2. The van der Waals surface area contributed by atoms with Crippen LogP contribution in [-0.2, 0) is 4.79 Å². The molecule has 0 radical (unpaired) electrons. The number of benzene rings is 1. The Balaban J connectivity index is 1.42. The lowest BCUT2D eigenvalue weighted by Crippen LogP contribution is -2.44. The van der Waals surface area contributed by atoms with Gasteiger partial charge in [0.1, 0.15) is 5.75 Å².